The van der Waals surface area contributed by atoms with E-state index in [1.54, 1.807) is 49.4 Å². The lowest BCUT2D eigenvalue weighted by Crippen LogP contribution is -2.17. The highest BCUT2D eigenvalue weighted by Gasteiger charge is 2.16. The molecule has 0 saturated carbocycles. The zero-order valence-electron chi connectivity index (χ0n) is 14.6. The molecule has 2 aromatic carbocycles. The first-order chi connectivity index (χ1) is 13.2. The highest BCUT2D eigenvalue weighted by atomic mass is 16.6. The standard InChI is InChI=1S/C19H17N3O5/c1-12-20-18(22-27-12)11-26-15-5-3-2-4-14(15)19(23)21-13-6-7-16-17(10-13)25-9-8-24-16/h2-7,10H,8-9,11H2,1H3,(H,21,23). The van der Waals surface area contributed by atoms with E-state index in [9.17, 15) is 4.79 Å². The van der Waals surface area contributed by atoms with Crippen LogP contribution in [0.4, 0.5) is 5.69 Å². The minimum atomic E-state index is -0.299. The van der Waals surface area contributed by atoms with E-state index in [4.69, 9.17) is 18.7 Å². The molecule has 1 aliphatic rings. The zero-order chi connectivity index (χ0) is 18.6. The summed E-state index contributed by atoms with van der Waals surface area (Å²) in [6.07, 6.45) is 0. The van der Waals surface area contributed by atoms with E-state index >= 15 is 0 Å². The van der Waals surface area contributed by atoms with Crippen LogP contribution in [0, 0.1) is 6.92 Å². The Kier molecular flexibility index (Phi) is 4.61. The van der Waals surface area contributed by atoms with Crippen LogP contribution in [0.25, 0.3) is 0 Å². The summed E-state index contributed by atoms with van der Waals surface area (Å²) < 4.78 is 21.6. The molecule has 0 radical (unpaired) electrons. The van der Waals surface area contributed by atoms with E-state index < -0.39 is 0 Å². The number of nitrogens with one attached hydrogen (secondary N) is 1. The molecule has 0 bridgehead atoms. The molecule has 4 rings (SSSR count). The van der Waals surface area contributed by atoms with Crippen molar-refractivity contribution < 1.29 is 23.5 Å². The maximum atomic E-state index is 12.7. The molecule has 0 aliphatic carbocycles. The van der Waals surface area contributed by atoms with Gasteiger partial charge >= 0.3 is 0 Å². The molecule has 1 aromatic heterocycles. The first-order valence-electron chi connectivity index (χ1n) is 8.41. The summed E-state index contributed by atoms with van der Waals surface area (Å²) in [5.41, 5.74) is 1.00. The molecule has 2 heterocycles. The quantitative estimate of drug-likeness (QED) is 0.740. The van der Waals surface area contributed by atoms with Gasteiger partial charge in [-0.15, -0.1) is 0 Å². The summed E-state index contributed by atoms with van der Waals surface area (Å²) in [6, 6.07) is 12.2. The fraction of sp³-hybridized carbons (Fsp3) is 0.211. The van der Waals surface area contributed by atoms with Crippen LogP contribution in [0.15, 0.2) is 47.0 Å². The molecule has 1 N–H and O–H groups in total. The molecule has 8 nitrogen and oxygen atoms in total. The number of hydrogen-bond acceptors (Lipinski definition) is 7. The second kappa shape index (κ2) is 7.36. The average Bonchev–Trinajstić information content (AvgIpc) is 3.11. The summed E-state index contributed by atoms with van der Waals surface area (Å²) in [4.78, 5) is 16.8. The van der Waals surface area contributed by atoms with Gasteiger partial charge in [0.15, 0.2) is 18.1 Å². The Labute approximate surface area is 155 Å². The van der Waals surface area contributed by atoms with Crippen LogP contribution in [-0.2, 0) is 6.61 Å². The molecule has 0 unspecified atom stereocenters. The number of benzene rings is 2. The minimum absolute atomic E-state index is 0.103. The van der Waals surface area contributed by atoms with Crippen molar-refractivity contribution in [3.63, 3.8) is 0 Å². The lowest BCUT2D eigenvalue weighted by atomic mass is 10.1. The highest BCUT2D eigenvalue weighted by molar-refractivity contribution is 6.06. The van der Waals surface area contributed by atoms with Gasteiger partial charge in [0, 0.05) is 18.7 Å². The second-order valence-corrected chi connectivity index (χ2v) is 5.83. The lowest BCUT2D eigenvalue weighted by Gasteiger charge is -2.19. The van der Waals surface area contributed by atoms with E-state index in [0.29, 0.717) is 53.4 Å². The van der Waals surface area contributed by atoms with E-state index in [1.807, 2.05) is 0 Å². The largest absolute Gasteiger partial charge is 0.486 e. The maximum Gasteiger partial charge on any atom is 0.259 e. The molecule has 1 aliphatic heterocycles. The van der Waals surface area contributed by atoms with Crippen molar-refractivity contribution >= 4 is 11.6 Å². The molecular formula is C19H17N3O5. The number of aromatic nitrogens is 2. The van der Waals surface area contributed by atoms with Gasteiger partial charge in [0.05, 0.1) is 5.56 Å². The number of anilines is 1. The number of carbonyl (C=O) groups is 1. The van der Waals surface area contributed by atoms with E-state index in [0.717, 1.165) is 0 Å². The summed E-state index contributed by atoms with van der Waals surface area (Å²) in [5.74, 6) is 2.27. The first-order valence-corrected chi connectivity index (χ1v) is 8.41. The van der Waals surface area contributed by atoms with Gasteiger partial charge < -0.3 is 24.1 Å². The number of ether oxygens (including phenoxy) is 3. The van der Waals surface area contributed by atoms with Gasteiger partial charge in [0.1, 0.15) is 19.0 Å². The Bertz CT molecular complexity index is 969. The lowest BCUT2D eigenvalue weighted by molar-refractivity contribution is 0.102. The third-order valence-electron chi connectivity index (χ3n) is 3.86. The molecule has 0 atom stereocenters. The second-order valence-electron chi connectivity index (χ2n) is 5.83. The summed E-state index contributed by atoms with van der Waals surface area (Å²) in [5, 5.41) is 6.62. The first kappa shape index (κ1) is 16.9. The molecule has 0 spiro atoms. The highest BCUT2D eigenvalue weighted by Crippen LogP contribution is 2.33. The summed E-state index contributed by atoms with van der Waals surface area (Å²) in [6.45, 7) is 2.80. The van der Waals surface area contributed by atoms with Crippen LogP contribution in [0.5, 0.6) is 17.2 Å². The van der Waals surface area contributed by atoms with Gasteiger partial charge in [-0.2, -0.15) is 4.98 Å². The van der Waals surface area contributed by atoms with Crippen LogP contribution >= 0.6 is 0 Å². The van der Waals surface area contributed by atoms with Gasteiger partial charge in [0.25, 0.3) is 5.91 Å². The van der Waals surface area contributed by atoms with Gasteiger partial charge in [-0.25, -0.2) is 0 Å². The van der Waals surface area contributed by atoms with Crippen molar-refractivity contribution in [1.29, 1.82) is 0 Å². The number of aryl methyl sites for hydroxylation is 1. The number of amides is 1. The number of para-hydroxylation sites is 1. The monoisotopic (exact) mass is 367 g/mol. The SMILES string of the molecule is Cc1nc(COc2ccccc2C(=O)Nc2ccc3c(c2)OCCO3)no1. The Morgan fingerprint density at radius 3 is 2.78 bits per heavy atom. The van der Waals surface area contributed by atoms with Crippen LogP contribution < -0.4 is 19.5 Å². The Morgan fingerprint density at radius 1 is 1.15 bits per heavy atom. The predicted octanol–water partition coefficient (Wildman–Crippen LogP) is 2.98. The Balaban J connectivity index is 1.48. The molecule has 0 saturated heterocycles. The minimum Gasteiger partial charge on any atom is -0.486 e. The van der Waals surface area contributed by atoms with E-state index in [-0.39, 0.29) is 12.5 Å². The van der Waals surface area contributed by atoms with Crippen molar-refractivity contribution in [2.45, 2.75) is 13.5 Å². The third-order valence-corrected chi connectivity index (χ3v) is 3.86. The smallest absolute Gasteiger partial charge is 0.259 e. The fourth-order valence-corrected chi connectivity index (χ4v) is 2.64. The van der Waals surface area contributed by atoms with Crippen LogP contribution in [0.3, 0.4) is 0 Å². The van der Waals surface area contributed by atoms with Gasteiger partial charge in [-0.1, -0.05) is 17.3 Å². The summed E-state index contributed by atoms with van der Waals surface area (Å²) in [7, 11) is 0. The number of fused-ring (bicyclic) bond motifs is 1. The Hall–Kier alpha value is -3.55. The van der Waals surface area contributed by atoms with Crippen molar-refractivity contribution in [1.82, 2.24) is 10.1 Å². The van der Waals surface area contributed by atoms with Crippen molar-refractivity contribution in [3.8, 4) is 17.2 Å². The van der Waals surface area contributed by atoms with Crippen molar-refractivity contribution in [2.24, 2.45) is 0 Å². The van der Waals surface area contributed by atoms with Crippen molar-refractivity contribution in [3.05, 3.63) is 59.7 Å². The van der Waals surface area contributed by atoms with Crippen molar-refractivity contribution in [2.75, 3.05) is 18.5 Å². The number of hydrogen-bond donors (Lipinski definition) is 1. The van der Waals surface area contributed by atoms with Gasteiger partial charge in [0.2, 0.25) is 11.7 Å². The molecule has 1 amide bonds. The fourth-order valence-electron chi connectivity index (χ4n) is 2.64. The molecule has 8 heteroatoms. The van der Waals surface area contributed by atoms with E-state index in [2.05, 4.69) is 15.5 Å². The number of carbonyl (C=O) groups excluding carboxylic acids is 1. The molecule has 27 heavy (non-hydrogen) atoms. The van der Waals surface area contributed by atoms with Crippen LogP contribution in [0.2, 0.25) is 0 Å². The third kappa shape index (κ3) is 3.84. The normalized spacial score (nSPS) is 12.5. The topological polar surface area (TPSA) is 95.7 Å². The summed E-state index contributed by atoms with van der Waals surface area (Å²) >= 11 is 0. The zero-order valence-corrected chi connectivity index (χ0v) is 14.6. The number of nitrogens with zero attached hydrogens (tertiary/aromatic N) is 2. The average molecular weight is 367 g/mol. The predicted molar refractivity (Wildman–Crippen MR) is 95.2 cm³/mol. The van der Waals surface area contributed by atoms with Crippen LogP contribution in [0.1, 0.15) is 22.1 Å². The van der Waals surface area contributed by atoms with Crippen LogP contribution in [-0.4, -0.2) is 29.3 Å². The molecule has 0 fully saturated rings. The number of rotatable bonds is 5. The van der Waals surface area contributed by atoms with Gasteiger partial charge in [-0.3, -0.25) is 4.79 Å². The van der Waals surface area contributed by atoms with Gasteiger partial charge in [-0.05, 0) is 24.3 Å². The molecular weight excluding hydrogens is 350 g/mol. The van der Waals surface area contributed by atoms with E-state index in [1.165, 1.54) is 0 Å². The maximum absolute atomic E-state index is 12.7. The molecule has 3 aromatic rings. The Morgan fingerprint density at radius 2 is 1.96 bits per heavy atom. The molecule has 138 valence electrons.